The quantitative estimate of drug-likeness (QED) is 0.167. The van der Waals surface area contributed by atoms with Gasteiger partial charge < -0.3 is 4.90 Å². The third kappa shape index (κ3) is 4.76. The number of fused-ring (bicyclic) bond motifs is 8. The molecule has 50 heavy (non-hydrogen) atoms. The molecule has 0 fully saturated rings. The highest BCUT2D eigenvalue weighted by molar-refractivity contribution is 7.26. The molecule has 0 radical (unpaired) electrons. The maximum absolute atomic E-state index is 2.41. The van der Waals surface area contributed by atoms with Crippen molar-refractivity contribution in [2.24, 2.45) is 0 Å². The van der Waals surface area contributed by atoms with Gasteiger partial charge in [-0.25, -0.2) is 0 Å². The van der Waals surface area contributed by atoms with E-state index in [9.17, 15) is 0 Å². The van der Waals surface area contributed by atoms with E-state index >= 15 is 0 Å². The van der Waals surface area contributed by atoms with Crippen LogP contribution in [0.3, 0.4) is 0 Å². The van der Waals surface area contributed by atoms with E-state index in [4.69, 9.17) is 0 Å². The van der Waals surface area contributed by atoms with Gasteiger partial charge in [-0.2, -0.15) is 0 Å². The maximum atomic E-state index is 2.41. The van der Waals surface area contributed by atoms with Gasteiger partial charge in [-0.1, -0.05) is 146 Å². The molecule has 0 saturated heterocycles. The largest absolute Gasteiger partial charge is 0.310 e. The summed E-state index contributed by atoms with van der Waals surface area (Å²) < 4.78 is 2.63. The van der Waals surface area contributed by atoms with Crippen molar-refractivity contribution in [2.75, 3.05) is 4.90 Å². The second kappa shape index (κ2) is 11.7. The Kier molecular flexibility index (Phi) is 6.75. The minimum absolute atomic E-state index is 1.12. The number of thiophene rings is 1. The summed E-state index contributed by atoms with van der Waals surface area (Å²) in [6.07, 6.45) is 0. The van der Waals surface area contributed by atoms with Crippen LogP contribution in [0.5, 0.6) is 0 Å². The third-order valence-corrected chi connectivity index (χ3v) is 11.2. The smallest absolute Gasteiger partial charge is 0.0476 e. The molecule has 234 valence electrons. The van der Waals surface area contributed by atoms with Crippen molar-refractivity contribution in [1.82, 2.24) is 0 Å². The van der Waals surface area contributed by atoms with Crippen LogP contribution in [0.2, 0.25) is 0 Å². The molecule has 9 aromatic carbocycles. The first kappa shape index (κ1) is 28.8. The van der Waals surface area contributed by atoms with E-state index in [1.54, 1.807) is 0 Å². The van der Waals surface area contributed by atoms with Crippen LogP contribution in [0.25, 0.3) is 74.7 Å². The monoisotopic (exact) mass is 653 g/mol. The lowest BCUT2D eigenvalue weighted by Gasteiger charge is -2.26. The summed E-state index contributed by atoms with van der Waals surface area (Å²) in [6, 6.07) is 68.7. The zero-order valence-electron chi connectivity index (χ0n) is 27.3. The first-order valence-electron chi connectivity index (χ1n) is 17.1. The fraction of sp³-hybridized carbons (Fsp3) is 0. The molecule has 0 saturated carbocycles. The number of nitrogens with zero attached hydrogens (tertiary/aromatic N) is 1. The lowest BCUT2D eigenvalue weighted by atomic mass is 9.93. The van der Waals surface area contributed by atoms with E-state index in [0.717, 1.165) is 17.1 Å². The molecular formula is C48H31NS. The zero-order valence-corrected chi connectivity index (χ0v) is 28.1. The highest BCUT2D eigenvalue weighted by atomic mass is 32.1. The van der Waals surface area contributed by atoms with Gasteiger partial charge >= 0.3 is 0 Å². The van der Waals surface area contributed by atoms with Gasteiger partial charge in [0.15, 0.2) is 0 Å². The molecule has 0 N–H and O–H groups in total. The lowest BCUT2D eigenvalue weighted by Crippen LogP contribution is -2.10. The van der Waals surface area contributed by atoms with Crippen LogP contribution in [-0.4, -0.2) is 0 Å². The van der Waals surface area contributed by atoms with Crippen molar-refractivity contribution >= 4 is 80.9 Å². The predicted molar refractivity (Wildman–Crippen MR) is 217 cm³/mol. The Bertz CT molecular complexity index is 2870. The molecule has 0 aliphatic heterocycles. The molecule has 1 aromatic heterocycles. The summed E-state index contributed by atoms with van der Waals surface area (Å²) in [6.45, 7) is 0. The van der Waals surface area contributed by atoms with Crippen molar-refractivity contribution in [3.05, 3.63) is 188 Å². The van der Waals surface area contributed by atoms with Crippen LogP contribution < -0.4 is 4.90 Å². The Balaban J connectivity index is 1.16. The molecule has 0 atom stereocenters. The highest BCUT2D eigenvalue weighted by Gasteiger charge is 2.17. The normalized spacial score (nSPS) is 11.6. The van der Waals surface area contributed by atoms with Crippen LogP contribution in [0.15, 0.2) is 188 Å². The van der Waals surface area contributed by atoms with Crippen molar-refractivity contribution in [2.45, 2.75) is 0 Å². The molecule has 10 aromatic rings. The first-order valence-corrected chi connectivity index (χ1v) is 17.9. The van der Waals surface area contributed by atoms with Crippen molar-refractivity contribution in [1.29, 1.82) is 0 Å². The number of anilines is 3. The summed E-state index contributed by atoms with van der Waals surface area (Å²) in [5, 5.41) is 10.3. The van der Waals surface area contributed by atoms with Crippen LogP contribution in [0, 0.1) is 0 Å². The Morgan fingerprint density at radius 3 is 1.78 bits per heavy atom. The van der Waals surface area contributed by atoms with Gasteiger partial charge in [0.05, 0.1) is 0 Å². The van der Waals surface area contributed by atoms with Gasteiger partial charge in [0.2, 0.25) is 0 Å². The summed E-state index contributed by atoms with van der Waals surface area (Å²) in [4.78, 5) is 2.41. The summed E-state index contributed by atoms with van der Waals surface area (Å²) >= 11 is 1.89. The molecule has 0 aliphatic carbocycles. The number of hydrogen-bond acceptors (Lipinski definition) is 2. The van der Waals surface area contributed by atoms with E-state index in [-0.39, 0.29) is 0 Å². The minimum Gasteiger partial charge on any atom is -0.310 e. The maximum Gasteiger partial charge on any atom is 0.0476 e. The standard InChI is InChI=1S/C48H31NS/c1-2-11-32(12-3-1)33-21-24-37(25-22-33)49(39-26-28-44-45-27-23-34-13-4-7-18-41(34)48(45)50-47(44)31-39)38-16-10-15-35(29-38)46-30-36-14-5-6-17-40(36)42-19-8-9-20-43(42)46/h1-31H. The third-order valence-electron chi connectivity index (χ3n) is 10.0. The average molecular weight is 654 g/mol. The predicted octanol–water partition coefficient (Wildman–Crippen LogP) is 14.3. The SMILES string of the molecule is c1ccc(-c2ccc(N(c3cccc(-c4cc5ccccc5c5ccccc45)c3)c3ccc4c(c3)sc3c5ccccc5ccc43)cc2)cc1. The fourth-order valence-corrected chi connectivity index (χ4v) is 8.89. The minimum atomic E-state index is 1.12. The molecule has 1 heterocycles. The van der Waals surface area contributed by atoms with Crippen molar-refractivity contribution in [3.8, 4) is 22.3 Å². The van der Waals surface area contributed by atoms with Crippen molar-refractivity contribution in [3.63, 3.8) is 0 Å². The molecule has 0 unspecified atom stereocenters. The molecule has 2 heteroatoms. The average Bonchev–Trinajstić information content (AvgIpc) is 3.57. The molecule has 10 rings (SSSR count). The Labute approximate surface area is 294 Å². The molecule has 0 amide bonds. The van der Waals surface area contributed by atoms with Crippen LogP contribution >= 0.6 is 11.3 Å². The van der Waals surface area contributed by atoms with Gasteiger partial charge in [-0.3, -0.25) is 0 Å². The molecule has 0 spiro atoms. The first-order chi connectivity index (χ1) is 24.8. The zero-order chi connectivity index (χ0) is 33.0. The van der Waals surface area contributed by atoms with E-state index in [1.165, 1.54) is 74.7 Å². The van der Waals surface area contributed by atoms with Gasteiger partial charge in [0.25, 0.3) is 0 Å². The van der Waals surface area contributed by atoms with Gasteiger partial charge in [0.1, 0.15) is 0 Å². The summed E-state index contributed by atoms with van der Waals surface area (Å²) in [5.74, 6) is 0. The summed E-state index contributed by atoms with van der Waals surface area (Å²) in [5.41, 5.74) is 8.25. The van der Waals surface area contributed by atoms with E-state index < -0.39 is 0 Å². The molecule has 0 aliphatic rings. The van der Waals surface area contributed by atoms with Crippen LogP contribution in [-0.2, 0) is 0 Å². The van der Waals surface area contributed by atoms with Gasteiger partial charge in [-0.15, -0.1) is 11.3 Å². The van der Waals surface area contributed by atoms with Gasteiger partial charge in [0, 0.05) is 37.2 Å². The van der Waals surface area contributed by atoms with Crippen LogP contribution in [0.1, 0.15) is 0 Å². The van der Waals surface area contributed by atoms with Crippen molar-refractivity contribution < 1.29 is 0 Å². The Hall–Kier alpha value is -6.22. The molecular weight excluding hydrogens is 623 g/mol. The van der Waals surface area contributed by atoms with E-state index in [1.807, 2.05) is 11.3 Å². The lowest BCUT2D eigenvalue weighted by molar-refractivity contribution is 1.29. The Morgan fingerprint density at radius 2 is 0.940 bits per heavy atom. The molecule has 0 bridgehead atoms. The van der Waals surface area contributed by atoms with E-state index in [2.05, 4.69) is 193 Å². The highest BCUT2D eigenvalue weighted by Crippen LogP contribution is 2.44. The second-order valence-corrected chi connectivity index (χ2v) is 14.0. The Morgan fingerprint density at radius 1 is 0.320 bits per heavy atom. The summed E-state index contributed by atoms with van der Waals surface area (Å²) in [7, 11) is 0. The topological polar surface area (TPSA) is 3.24 Å². The number of rotatable bonds is 5. The molecule has 1 nitrogen and oxygen atoms in total. The fourth-order valence-electron chi connectivity index (χ4n) is 7.62. The van der Waals surface area contributed by atoms with E-state index in [0.29, 0.717) is 0 Å². The second-order valence-electron chi connectivity index (χ2n) is 12.9. The number of hydrogen-bond donors (Lipinski definition) is 0. The van der Waals surface area contributed by atoms with Crippen LogP contribution in [0.4, 0.5) is 17.1 Å². The van der Waals surface area contributed by atoms with Gasteiger partial charge in [-0.05, 0) is 97.0 Å². The number of benzene rings is 9.